The lowest BCUT2D eigenvalue weighted by molar-refractivity contribution is -0.870. The predicted molar refractivity (Wildman–Crippen MR) is 84.7 cm³/mol. The average Bonchev–Trinajstić information content (AvgIpc) is 2.41. The van der Waals surface area contributed by atoms with Gasteiger partial charge in [-0.15, -0.1) is 0 Å². The minimum atomic E-state index is -4.41. The normalized spacial score (nSPS) is 10.9. The molecule has 0 bridgehead atoms. The van der Waals surface area contributed by atoms with Gasteiger partial charge in [-0.05, 0) is 6.92 Å². The van der Waals surface area contributed by atoms with Crippen molar-refractivity contribution in [3.8, 4) is 0 Å². The Labute approximate surface area is 142 Å². The lowest BCUT2D eigenvalue weighted by atomic mass is 10.4. The molecule has 0 rings (SSSR count). The number of alkyl carbamates (subject to hydrolysis) is 1. The SMILES string of the molecule is C=C(C)C(=O)OCCNC(=O)OCC[N+](C)(C)C.COS(=O)(=O)[O-]. The molecule has 0 aliphatic rings. The van der Waals surface area contributed by atoms with E-state index in [1.54, 1.807) is 6.92 Å². The molecule has 0 saturated heterocycles. The second kappa shape index (κ2) is 11.8. The van der Waals surface area contributed by atoms with Crippen LogP contribution < -0.4 is 5.32 Å². The van der Waals surface area contributed by atoms with E-state index in [-0.39, 0.29) is 13.2 Å². The average molecular weight is 370 g/mol. The Morgan fingerprint density at radius 1 is 1.17 bits per heavy atom. The van der Waals surface area contributed by atoms with Gasteiger partial charge < -0.3 is 23.8 Å². The van der Waals surface area contributed by atoms with Gasteiger partial charge >= 0.3 is 12.1 Å². The van der Waals surface area contributed by atoms with Gasteiger partial charge in [0, 0.05) is 5.57 Å². The van der Waals surface area contributed by atoms with Crippen LogP contribution in [-0.4, -0.2) is 84.1 Å². The van der Waals surface area contributed by atoms with E-state index in [9.17, 15) is 22.6 Å². The van der Waals surface area contributed by atoms with Crippen molar-refractivity contribution in [2.24, 2.45) is 0 Å². The Hall–Kier alpha value is -1.69. The summed E-state index contributed by atoms with van der Waals surface area (Å²) in [7, 11) is 2.43. The summed E-state index contributed by atoms with van der Waals surface area (Å²) in [6.07, 6.45) is -0.505. The minimum absolute atomic E-state index is 0.107. The van der Waals surface area contributed by atoms with E-state index in [4.69, 9.17) is 9.47 Å². The summed E-state index contributed by atoms with van der Waals surface area (Å²) >= 11 is 0. The minimum Gasteiger partial charge on any atom is -0.726 e. The topological polar surface area (TPSA) is 131 Å². The van der Waals surface area contributed by atoms with Crippen molar-refractivity contribution in [1.82, 2.24) is 5.32 Å². The fourth-order valence-electron chi connectivity index (χ4n) is 0.883. The van der Waals surface area contributed by atoms with Gasteiger partial charge in [-0.3, -0.25) is 4.18 Å². The molecule has 10 nitrogen and oxygen atoms in total. The zero-order valence-electron chi connectivity index (χ0n) is 14.7. The van der Waals surface area contributed by atoms with Crippen LogP contribution in [0.5, 0.6) is 0 Å². The van der Waals surface area contributed by atoms with Gasteiger partial charge in [0.2, 0.25) is 10.4 Å². The molecule has 24 heavy (non-hydrogen) atoms. The van der Waals surface area contributed by atoms with Gasteiger partial charge in [0.25, 0.3) is 0 Å². The van der Waals surface area contributed by atoms with Crippen molar-refractivity contribution in [3.63, 3.8) is 0 Å². The predicted octanol–water partition coefficient (Wildman–Crippen LogP) is -0.369. The second-order valence-electron chi connectivity index (χ2n) is 5.57. The molecule has 0 aromatic rings. The number of quaternary nitrogens is 1. The lowest BCUT2D eigenvalue weighted by Crippen LogP contribution is -2.39. The monoisotopic (exact) mass is 370 g/mol. The molecule has 142 valence electrons. The van der Waals surface area contributed by atoms with Crippen LogP contribution in [0.1, 0.15) is 6.92 Å². The number of likely N-dealkylation sites (N-methyl/N-ethyl adjacent to an activating group) is 1. The Bertz CT molecular complexity index is 511. The van der Waals surface area contributed by atoms with Crippen molar-refractivity contribution in [2.75, 3.05) is 54.6 Å². The van der Waals surface area contributed by atoms with Crippen LogP contribution in [-0.2, 0) is 28.9 Å². The molecule has 0 aromatic heterocycles. The Morgan fingerprint density at radius 2 is 1.67 bits per heavy atom. The zero-order chi connectivity index (χ0) is 19.4. The molecular weight excluding hydrogens is 344 g/mol. The number of carbonyl (C=O) groups is 2. The smallest absolute Gasteiger partial charge is 0.407 e. The Balaban J connectivity index is 0. The summed E-state index contributed by atoms with van der Waals surface area (Å²) in [5.41, 5.74) is 0.334. The number of carbonyl (C=O) groups excluding carboxylic acids is 2. The maximum atomic E-state index is 11.2. The van der Waals surface area contributed by atoms with Crippen LogP contribution in [0.15, 0.2) is 12.2 Å². The van der Waals surface area contributed by atoms with E-state index in [1.807, 2.05) is 21.1 Å². The van der Waals surface area contributed by atoms with Crippen molar-refractivity contribution in [1.29, 1.82) is 0 Å². The van der Waals surface area contributed by atoms with Crippen molar-refractivity contribution in [2.45, 2.75) is 6.92 Å². The van der Waals surface area contributed by atoms with E-state index < -0.39 is 22.5 Å². The van der Waals surface area contributed by atoms with Crippen LogP contribution in [0.3, 0.4) is 0 Å². The summed E-state index contributed by atoms with van der Waals surface area (Å²) in [6.45, 7) is 6.42. The number of amides is 1. The molecule has 0 unspecified atom stereocenters. The largest absolute Gasteiger partial charge is 0.726 e. The first-order valence-electron chi connectivity index (χ1n) is 6.83. The molecule has 1 N–H and O–H groups in total. The molecule has 0 heterocycles. The third kappa shape index (κ3) is 20.3. The third-order valence-corrected chi connectivity index (χ3v) is 2.56. The van der Waals surface area contributed by atoms with Gasteiger partial charge in [-0.25, -0.2) is 18.0 Å². The highest BCUT2D eigenvalue weighted by Gasteiger charge is 2.09. The van der Waals surface area contributed by atoms with Crippen LogP contribution in [0.4, 0.5) is 4.79 Å². The van der Waals surface area contributed by atoms with E-state index >= 15 is 0 Å². The quantitative estimate of drug-likeness (QED) is 0.153. The summed E-state index contributed by atoms with van der Waals surface area (Å²) in [6, 6.07) is 0. The maximum absolute atomic E-state index is 11.2. The van der Waals surface area contributed by atoms with Crippen LogP contribution in [0.2, 0.25) is 0 Å². The fraction of sp³-hybridized carbons (Fsp3) is 0.692. The highest BCUT2D eigenvalue weighted by atomic mass is 32.3. The molecule has 0 saturated carbocycles. The molecule has 11 heteroatoms. The third-order valence-electron chi connectivity index (χ3n) is 2.15. The first-order chi connectivity index (χ1) is 10.8. The van der Waals surface area contributed by atoms with Crippen LogP contribution >= 0.6 is 0 Å². The highest BCUT2D eigenvalue weighted by molar-refractivity contribution is 7.80. The van der Waals surface area contributed by atoms with Crippen molar-refractivity contribution in [3.05, 3.63) is 12.2 Å². The first-order valence-corrected chi connectivity index (χ1v) is 8.17. The first kappa shape index (κ1) is 24.6. The molecule has 0 aliphatic heterocycles. The fourth-order valence-corrected chi connectivity index (χ4v) is 0.883. The maximum Gasteiger partial charge on any atom is 0.407 e. The number of rotatable bonds is 8. The van der Waals surface area contributed by atoms with E-state index in [1.165, 1.54) is 0 Å². The summed E-state index contributed by atoms with van der Waals surface area (Å²) in [5.74, 6) is -0.463. The van der Waals surface area contributed by atoms with E-state index in [2.05, 4.69) is 16.1 Å². The van der Waals surface area contributed by atoms with Gasteiger partial charge in [-0.2, -0.15) is 0 Å². The second-order valence-corrected chi connectivity index (χ2v) is 6.72. The van der Waals surface area contributed by atoms with Gasteiger partial charge in [-0.1, -0.05) is 6.58 Å². The molecule has 1 amide bonds. The molecule has 0 radical (unpaired) electrons. The number of hydrogen-bond donors (Lipinski definition) is 1. The standard InChI is InChI=1S/C12H22N2O4.CH4O4S/c1-10(2)11(15)17-8-6-13-12(16)18-9-7-14(3,4)5;1-5-6(2,3)4/h1,6-9H2,2-5H3;1H3,(H,2,3,4). The number of esters is 1. The van der Waals surface area contributed by atoms with Gasteiger partial charge in [0.15, 0.2) is 0 Å². The molecule has 0 aromatic carbocycles. The zero-order valence-corrected chi connectivity index (χ0v) is 15.5. The summed E-state index contributed by atoms with van der Waals surface area (Å²) < 4.78 is 41.5. The van der Waals surface area contributed by atoms with Crippen LogP contribution in [0, 0.1) is 0 Å². The highest BCUT2D eigenvalue weighted by Crippen LogP contribution is 1.91. The van der Waals surface area contributed by atoms with Gasteiger partial charge in [0.1, 0.15) is 19.8 Å². The number of nitrogens with one attached hydrogen (secondary N) is 1. The Kier molecular flexibility index (Phi) is 12.1. The molecule has 0 atom stereocenters. The number of nitrogens with zero attached hydrogens (tertiary/aromatic N) is 1. The molecular formula is C13H26N2O8S. The number of ether oxygens (including phenoxy) is 2. The van der Waals surface area contributed by atoms with Gasteiger partial charge in [0.05, 0.1) is 34.8 Å². The van der Waals surface area contributed by atoms with Crippen molar-refractivity contribution < 1.29 is 40.7 Å². The summed E-state index contributed by atoms with van der Waals surface area (Å²) in [5, 5.41) is 2.49. The number of hydrogen-bond acceptors (Lipinski definition) is 8. The molecule has 0 fully saturated rings. The lowest BCUT2D eigenvalue weighted by Gasteiger charge is -2.23. The molecule has 0 aliphatic carbocycles. The Morgan fingerprint density at radius 3 is 2.04 bits per heavy atom. The van der Waals surface area contributed by atoms with E-state index in [0.29, 0.717) is 12.2 Å². The van der Waals surface area contributed by atoms with E-state index in [0.717, 1.165) is 18.1 Å². The van der Waals surface area contributed by atoms with Crippen LogP contribution in [0.25, 0.3) is 0 Å². The van der Waals surface area contributed by atoms with Crippen molar-refractivity contribution >= 4 is 22.5 Å². The molecule has 0 spiro atoms. The summed E-state index contributed by atoms with van der Waals surface area (Å²) in [4.78, 5) is 22.2.